The first kappa shape index (κ1) is 16.1. The van der Waals surface area contributed by atoms with Crippen LogP contribution in [-0.2, 0) is 19.7 Å². The summed E-state index contributed by atoms with van der Waals surface area (Å²) in [5, 5.41) is 14.6. The second kappa shape index (κ2) is 4.93. The van der Waals surface area contributed by atoms with Gasteiger partial charge in [-0.3, -0.25) is 4.90 Å². The normalized spacial score (nSPS) is 41.8. The number of aliphatic hydroxyl groups is 1. The van der Waals surface area contributed by atoms with Gasteiger partial charge in [-0.05, 0) is 37.9 Å². The molecule has 6 atom stereocenters. The van der Waals surface area contributed by atoms with Crippen LogP contribution in [0.2, 0.25) is 0 Å². The molecule has 0 unspecified atom stereocenters. The molecule has 1 aliphatic carbocycles. The summed E-state index contributed by atoms with van der Waals surface area (Å²) in [6.07, 6.45) is 1.01. The lowest BCUT2D eigenvalue weighted by atomic mass is 9.52. The largest absolute Gasteiger partial charge is 0.466 e. The van der Waals surface area contributed by atoms with Crippen molar-refractivity contribution in [2.75, 3.05) is 25.5 Å². The minimum Gasteiger partial charge on any atom is -0.466 e. The zero-order valence-electron chi connectivity index (χ0n) is 15.6. The van der Waals surface area contributed by atoms with E-state index in [4.69, 9.17) is 9.47 Å². The van der Waals surface area contributed by atoms with Crippen LogP contribution in [-0.4, -0.2) is 60.5 Å². The lowest BCUT2D eigenvalue weighted by molar-refractivity contribution is -0.138. The van der Waals surface area contributed by atoms with E-state index in [2.05, 4.69) is 28.4 Å². The number of piperidine rings is 1. The summed E-state index contributed by atoms with van der Waals surface area (Å²) in [6.45, 7) is 3.72. The number of benzene rings is 1. The van der Waals surface area contributed by atoms with Crippen molar-refractivity contribution in [1.29, 1.82) is 0 Å². The lowest BCUT2D eigenvalue weighted by Crippen LogP contribution is -2.66. The van der Waals surface area contributed by atoms with Gasteiger partial charge in [0.2, 0.25) is 0 Å². The van der Waals surface area contributed by atoms with E-state index in [1.165, 1.54) is 12.7 Å². The molecular weight excluding hydrogens is 344 g/mol. The van der Waals surface area contributed by atoms with E-state index in [0.717, 1.165) is 30.9 Å². The van der Waals surface area contributed by atoms with Gasteiger partial charge < -0.3 is 19.9 Å². The third kappa shape index (κ3) is 1.67. The number of hydrogen-bond acceptors (Lipinski definition) is 6. The Morgan fingerprint density at radius 1 is 1.44 bits per heavy atom. The fraction of sp³-hybridized carbons (Fsp3) is 0.571. The summed E-state index contributed by atoms with van der Waals surface area (Å²) in [5.74, 6) is -0.302. The predicted molar refractivity (Wildman–Crippen MR) is 98.2 cm³/mol. The average Bonchev–Trinajstić information content (AvgIpc) is 3.25. The molecule has 27 heavy (non-hydrogen) atoms. The van der Waals surface area contributed by atoms with Gasteiger partial charge >= 0.3 is 5.97 Å². The smallest absolute Gasteiger partial charge is 0.335 e. The van der Waals surface area contributed by atoms with E-state index in [1.54, 1.807) is 0 Å². The number of fused-ring (bicyclic) bond motifs is 3. The molecule has 0 aromatic heterocycles. The second-order valence-electron chi connectivity index (χ2n) is 8.69. The number of nitrogens with one attached hydrogen (secondary N) is 1. The molecule has 0 bridgehead atoms. The summed E-state index contributed by atoms with van der Waals surface area (Å²) < 4.78 is 11.2. The van der Waals surface area contributed by atoms with Crippen molar-refractivity contribution < 1.29 is 19.4 Å². The van der Waals surface area contributed by atoms with Crippen LogP contribution in [0.25, 0.3) is 0 Å². The van der Waals surface area contributed by atoms with Crippen LogP contribution in [0.4, 0.5) is 5.69 Å². The minimum absolute atomic E-state index is 0.00249. The zero-order valence-corrected chi connectivity index (χ0v) is 15.6. The van der Waals surface area contributed by atoms with E-state index < -0.39 is 11.5 Å². The van der Waals surface area contributed by atoms with Gasteiger partial charge in [-0.2, -0.15) is 0 Å². The molecule has 0 saturated carbocycles. The van der Waals surface area contributed by atoms with Crippen LogP contribution >= 0.6 is 0 Å². The van der Waals surface area contributed by atoms with Crippen LogP contribution in [0.1, 0.15) is 25.3 Å². The Bertz CT molecular complexity index is 896. The van der Waals surface area contributed by atoms with E-state index in [1.807, 2.05) is 13.0 Å². The van der Waals surface area contributed by atoms with Crippen LogP contribution < -0.4 is 5.32 Å². The number of aliphatic hydroxyl groups excluding tert-OH is 1. The fourth-order valence-electron chi connectivity index (χ4n) is 6.79. The maximum Gasteiger partial charge on any atom is 0.335 e. The van der Waals surface area contributed by atoms with Gasteiger partial charge in [-0.15, -0.1) is 0 Å². The molecule has 6 rings (SSSR count). The van der Waals surface area contributed by atoms with Crippen molar-refractivity contribution in [2.45, 2.75) is 49.5 Å². The van der Waals surface area contributed by atoms with Gasteiger partial charge in [-0.25, -0.2) is 4.79 Å². The average molecular weight is 368 g/mol. The maximum absolute atomic E-state index is 12.8. The molecular formula is C21H24N2O4. The predicted octanol–water partition coefficient (Wildman–Crippen LogP) is 1.40. The first-order valence-corrected chi connectivity index (χ1v) is 9.80. The monoisotopic (exact) mass is 368 g/mol. The highest BCUT2D eigenvalue weighted by Gasteiger charge is 2.75. The standard InChI is InChI=1S/C21H24N2O4/c1-11(24)21-9-12(18(25)26-2)16-20(13-5-3-4-6-14(13)22-16)7-8-23(19(20)21)10-15-17(21)27-15/h3-6,11,15,17,19,22,24H,7-10H2,1-2H3/t11-,15-,17-,19-,20-,21-/m0/s1. The van der Waals surface area contributed by atoms with Crippen LogP contribution in [0.3, 0.4) is 0 Å². The Morgan fingerprint density at radius 3 is 3.04 bits per heavy atom. The summed E-state index contributed by atoms with van der Waals surface area (Å²) >= 11 is 0. The Kier molecular flexibility index (Phi) is 2.94. The zero-order chi connectivity index (χ0) is 18.6. The van der Waals surface area contributed by atoms with Gasteiger partial charge in [-0.1, -0.05) is 18.2 Å². The number of epoxide rings is 1. The Morgan fingerprint density at radius 2 is 2.26 bits per heavy atom. The number of methoxy groups -OCH3 is 1. The SMILES string of the molecule is COC(=O)C1=C2Nc3ccccc3[C@@]23CCN2C[C@@H]4O[C@@H]4[C@@]([C@H](C)O)(C1)[C@@H]23. The Labute approximate surface area is 158 Å². The lowest BCUT2D eigenvalue weighted by Gasteiger charge is -2.55. The number of esters is 1. The molecule has 4 aliphatic heterocycles. The molecule has 142 valence electrons. The number of rotatable bonds is 2. The number of carbonyl (C=O) groups excluding carboxylic acids is 1. The molecule has 6 heteroatoms. The first-order valence-electron chi connectivity index (χ1n) is 9.80. The van der Waals surface area contributed by atoms with E-state index in [0.29, 0.717) is 12.0 Å². The molecule has 1 aromatic carbocycles. The van der Waals surface area contributed by atoms with Crippen molar-refractivity contribution in [3.8, 4) is 0 Å². The number of carbonyl (C=O) groups is 1. The van der Waals surface area contributed by atoms with Gasteiger partial charge in [0, 0.05) is 29.4 Å². The molecule has 5 aliphatic rings. The topological polar surface area (TPSA) is 74.3 Å². The third-order valence-electron chi connectivity index (χ3n) is 7.77. The number of ether oxygens (including phenoxy) is 2. The molecule has 2 N–H and O–H groups in total. The van der Waals surface area contributed by atoms with Gasteiger partial charge in [0.05, 0.1) is 36.4 Å². The number of hydrogen-bond donors (Lipinski definition) is 2. The summed E-state index contributed by atoms with van der Waals surface area (Å²) in [4.78, 5) is 15.3. The van der Waals surface area contributed by atoms with Crippen molar-refractivity contribution in [3.63, 3.8) is 0 Å². The fourth-order valence-corrected chi connectivity index (χ4v) is 6.79. The van der Waals surface area contributed by atoms with Crippen molar-refractivity contribution in [3.05, 3.63) is 41.1 Å². The minimum atomic E-state index is -0.579. The molecule has 0 amide bonds. The molecule has 1 spiro atoms. The van der Waals surface area contributed by atoms with Crippen molar-refractivity contribution >= 4 is 11.7 Å². The van der Waals surface area contributed by atoms with Gasteiger partial charge in [0.15, 0.2) is 0 Å². The van der Waals surface area contributed by atoms with Crippen LogP contribution in [0.5, 0.6) is 0 Å². The maximum atomic E-state index is 12.8. The molecule has 3 saturated heterocycles. The quantitative estimate of drug-likeness (QED) is 0.607. The number of para-hydroxylation sites is 1. The molecule has 1 aromatic rings. The van der Waals surface area contributed by atoms with Crippen LogP contribution in [0, 0.1) is 5.41 Å². The molecule has 0 radical (unpaired) electrons. The first-order chi connectivity index (χ1) is 13.0. The number of anilines is 1. The molecule has 3 fully saturated rings. The highest BCUT2D eigenvalue weighted by atomic mass is 16.6. The Balaban J connectivity index is 1.67. The Hall–Kier alpha value is -1.89. The van der Waals surface area contributed by atoms with Crippen LogP contribution in [0.15, 0.2) is 35.5 Å². The van der Waals surface area contributed by atoms with Crippen molar-refractivity contribution in [1.82, 2.24) is 4.90 Å². The van der Waals surface area contributed by atoms with E-state index in [-0.39, 0.29) is 29.6 Å². The number of nitrogens with zero attached hydrogens (tertiary/aromatic N) is 1. The van der Waals surface area contributed by atoms with E-state index >= 15 is 0 Å². The van der Waals surface area contributed by atoms with E-state index in [9.17, 15) is 9.90 Å². The highest BCUT2D eigenvalue weighted by Crippen LogP contribution is 2.68. The molecule has 6 nitrogen and oxygen atoms in total. The van der Waals surface area contributed by atoms with Gasteiger partial charge in [0.1, 0.15) is 0 Å². The van der Waals surface area contributed by atoms with Crippen molar-refractivity contribution in [2.24, 2.45) is 5.41 Å². The highest BCUT2D eigenvalue weighted by molar-refractivity contribution is 5.93. The second-order valence-corrected chi connectivity index (χ2v) is 8.69. The summed E-state index contributed by atoms with van der Waals surface area (Å²) in [5.41, 5.74) is 3.15. The van der Waals surface area contributed by atoms with Gasteiger partial charge in [0.25, 0.3) is 0 Å². The summed E-state index contributed by atoms with van der Waals surface area (Å²) in [6, 6.07) is 8.46. The molecule has 4 heterocycles. The summed E-state index contributed by atoms with van der Waals surface area (Å²) in [7, 11) is 1.43. The third-order valence-corrected chi connectivity index (χ3v) is 7.77.